The molecule has 20 heavy (non-hydrogen) atoms. The van der Waals surface area contributed by atoms with Crippen molar-refractivity contribution in [3.05, 3.63) is 36.3 Å². The third-order valence-corrected chi connectivity index (χ3v) is 3.06. The number of hydrogen-bond acceptors (Lipinski definition) is 4. The van der Waals surface area contributed by atoms with Crippen LogP contribution >= 0.6 is 0 Å². The van der Waals surface area contributed by atoms with Gasteiger partial charge in [-0.25, -0.2) is 4.79 Å². The summed E-state index contributed by atoms with van der Waals surface area (Å²) in [4.78, 5) is 11.7. The summed E-state index contributed by atoms with van der Waals surface area (Å²) in [5.74, 6) is 0.433. The van der Waals surface area contributed by atoms with Crippen molar-refractivity contribution in [3.8, 4) is 0 Å². The maximum Gasteiger partial charge on any atom is 0.336 e. The zero-order chi connectivity index (χ0) is 15.0. The molecule has 0 radical (unpaired) electrons. The Hall–Kier alpha value is -1.55. The molecule has 0 aromatic carbocycles. The molecule has 1 aromatic heterocycles. The fourth-order valence-electron chi connectivity index (χ4n) is 1.82. The number of aliphatic hydroxyl groups is 1. The number of hydrogen-bond donors (Lipinski definition) is 1. The van der Waals surface area contributed by atoms with E-state index < -0.39 is 12.1 Å². The minimum atomic E-state index is -1.14. The molecule has 1 N–H and O–H groups in total. The van der Waals surface area contributed by atoms with E-state index in [2.05, 4.69) is 20.4 Å². The van der Waals surface area contributed by atoms with E-state index in [1.807, 2.05) is 0 Å². The molecule has 0 spiro atoms. The first kappa shape index (κ1) is 16.5. The van der Waals surface area contributed by atoms with Crippen LogP contribution in [-0.4, -0.2) is 17.7 Å². The molecule has 0 amide bonds. The summed E-state index contributed by atoms with van der Waals surface area (Å²) in [5.41, 5.74) is 0.00197. The highest BCUT2D eigenvalue weighted by molar-refractivity contribution is 5.88. The summed E-state index contributed by atoms with van der Waals surface area (Å²) < 4.78 is 10.1. The first-order chi connectivity index (χ1) is 9.52. The van der Waals surface area contributed by atoms with E-state index in [1.165, 1.54) is 12.7 Å². The van der Waals surface area contributed by atoms with Gasteiger partial charge in [0.05, 0.1) is 18.4 Å². The van der Waals surface area contributed by atoms with Crippen molar-refractivity contribution in [2.75, 3.05) is 6.61 Å². The molecule has 0 aliphatic heterocycles. The molecular weight excluding hydrogens is 256 g/mol. The molecule has 1 aromatic rings. The number of unbranched alkanes of at least 4 members (excludes halogenated alkanes) is 2. The summed E-state index contributed by atoms with van der Waals surface area (Å²) in [6.45, 7) is 8.32. The second-order valence-corrected chi connectivity index (χ2v) is 5.32. The van der Waals surface area contributed by atoms with E-state index in [0.29, 0.717) is 18.3 Å². The first-order valence-corrected chi connectivity index (χ1v) is 7.09. The van der Waals surface area contributed by atoms with Gasteiger partial charge in [0.15, 0.2) is 0 Å². The molecule has 0 aliphatic rings. The van der Waals surface area contributed by atoms with Crippen molar-refractivity contribution in [1.82, 2.24) is 0 Å². The van der Waals surface area contributed by atoms with Gasteiger partial charge in [-0.15, -0.1) is 0 Å². The van der Waals surface area contributed by atoms with Gasteiger partial charge >= 0.3 is 5.97 Å². The Morgan fingerprint density at radius 2 is 2.15 bits per heavy atom. The Bertz CT molecular complexity index is 406. The van der Waals surface area contributed by atoms with Crippen LogP contribution in [0.1, 0.15) is 51.4 Å². The SMILES string of the molecule is C=C(C(=O)OCCCCCC(C)C)C(O)c1ccco1. The maximum atomic E-state index is 11.7. The van der Waals surface area contributed by atoms with Gasteiger partial charge in [0.2, 0.25) is 0 Å². The van der Waals surface area contributed by atoms with E-state index >= 15 is 0 Å². The van der Waals surface area contributed by atoms with Crippen molar-refractivity contribution in [2.45, 2.75) is 45.6 Å². The molecule has 1 rings (SSSR count). The Morgan fingerprint density at radius 1 is 1.40 bits per heavy atom. The van der Waals surface area contributed by atoms with Gasteiger partial charge in [-0.2, -0.15) is 0 Å². The second-order valence-electron chi connectivity index (χ2n) is 5.32. The average Bonchev–Trinajstić information content (AvgIpc) is 2.94. The first-order valence-electron chi connectivity index (χ1n) is 7.09. The van der Waals surface area contributed by atoms with Crippen LogP contribution in [0.25, 0.3) is 0 Å². The minimum Gasteiger partial charge on any atom is -0.466 e. The highest BCUT2D eigenvalue weighted by Gasteiger charge is 2.21. The van der Waals surface area contributed by atoms with Crippen LogP contribution in [-0.2, 0) is 9.53 Å². The zero-order valence-corrected chi connectivity index (χ0v) is 12.3. The smallest absolute Gasteiger partial charge is 0.336 e. The Labute approximate surface area is 120 Å². The van der Waals surface area contributed by atoms with Crippen LogP contribution in [0.3, 0.4) is 0 Å². The highest BCUT2D eigenvalue weighted by atomic mass is 16.5. The predicted octanol–water partition coefficient (Wildman–Crippen LogP) is 3.63. The van der Waals surface area contributed by atoms with Gasteiger partial charge in [-0.3, -0.25) is 0 Å². The lowest BCUT2D eigenvalue weighted by atomic mass is 10.1. The van der Waals surface area contributed by atoms with Gasteiger partial charge in [0, 0.05) is 0 Å². The summed E-state index contributed by atoms with van der Waals surface area (Å²) in [7, 11) is 0. The summed E-state index contributed by atoms with van der Waals surface area (Å²) >= 11 is 0. The van der Waals surface area contributed by atoms with Crippen LogP contribution in [0, 0.1) is 5.92 Å². The lowest BCUT2D eigenvalue weighted by molar-refractivity contribution is -0.140. The van der Waals surface area contributed by atoms with E-state index in [1.54, 1.807) is 12.1 Å². The van der Waals surface area contributed by atoms with Gasteiger partial charge in [0.25, 0.3) is 0 Å². The number of rotatable bonds is 9. The topological polar surface area (TPSA) is 59.7 Å². The Morgan fingerprint density at radius 3 is 2.75 bits per heavy atom. The average molecular weight is 280 g/mol. The van der Waals surface area contributed by atoms with Gasteiger partial charge in [-0.1, -0.05) is 39.7 Å². The van der Waals surface area contributed by atoms with Crippen LogP contribution in [0.15, 0.2) is 35.0 Å². The number of esters is 1. The lowest BCUT2D eigenvalue weighted by Gasteiger charge is -2.11. The van der Waals surface area contributed by atoms with Crippen LogP contribution in [0.5, 0.6) is 0 Å². The van der Waals surface area contributed by atoms with Crippen LogP contribution < -0.4 is 0 Å². The van der Waals surface area contributed by atoms with Crippen molar-refractivity contribution in [2.24, 2.45) is 5.92 Å². The largest absolute Gasteiger partial charge is 0.466 e. The summed E-state index contributed by atoms with van der Waals surface area (Å²) in [6.07, 6.45) is 4.51. The van der Waals surface area contributed by atoms with Gasteiger partial charge in [0.1, 0.15) is 11.9 Å². The molecule has 0 bridgehead atoms. The number of aliphatic hydroxyl groups excluding tert-OH is 1. The number of ether oxygens (including phenoxy) is 1. The molecule has 112 valence electrons. The number of carbonyl (C=O) groups excluding carboxylic acids is 1. The van der Waals surface area contributed by atoms with Crippen molar-refractivity contribution >= 4 is 5.97 Å². The third kappa shape index (κ3) is 5.61. The van der Waals surface area contributed by atoms with E-state index in [0.717, 1.165) is 19.3 Å². The molecule has 4 heteroatoms. The fourth-order valence-corrected chi connectivity index (χ4v) is 1.82. The molecule has 1 atom stereocenters. The van der Waals surface area contributed by atoms with E-state index in [9.17, 15) is 9.90 Å². The molecular formula is C16H24O4. The summed E-state index contributed by atoms with van der Waals surface area (Å²) in [6, 6.07) is 3.24. The summed E-state index contributed by atoms with van der Waals surface area (Å²) in [5, 5.41) is 9.86. The van der Waals surface area contributed by atoms with Crippen molar-refractivity contribution in [1.29, 1.82) is 0 Å². The second kappa shape index (κ2) is 8.59. The standard InChI is InChI=1S/C16H24O4/c1-12(2)8-5-4-6-10-20-16(18)13(3)15(17)14-9-7-11-19-14/h7,9,11-12,15,17H,3-6,8,10H2,1-2H3. The molecule has 1 unspecified atom stereocenters. The minimum absolute atomic E-state index is 0.00197. The van der Waals surface area contributed by atoms with Crippen molar-refractivity contribution < 1.29 is 19.1 Å². The van der Waals surface area contributed by atoms with Gasteiger partial charge < -0.3 is 14.3 Å². The normalized spacial score (nSPS) is 12.4. The molecule has 0 saturated carbocycles. The Kier molecular flexibility index (Phi) is 7.09. The predicted molar refractivity (Wildman–Crippen MR) is 77.1 cm³/mol. The van der Waals surface area contributed by atoms with E-state index in [4.69, 9.17) is 9.15 Å². The molecule has 0 fully saturated rings. The van der Waals surface area contributed by atoms with Gasteiger partial charge in [-0.05, 0) is 24.5 Å². The lowest BCUT2D eigenvalue weighted by Crippen LogP contribution is -2.14. The van der Waals surface area contributed by atoms with E-state index in [-0.39, 0.29) is 5.57 Å². The van der Waals surface area contributed by atoms with Crippen LogP contribution in [0.4, 0.5) is 0 Å². The molecule has 0 saturated heterocycles. The third-order valence-electron chi connectivity index (χ3n) is 3.06. The molecule has 0 aliphatic carbocycles. The van der Waals surface area contributed by atoms with Crippen LogP contribution in [0.2, 0.25) is 0 Å². The monoisotopic (exact) mass is 280 g/mol. The van der Waals surface area contributed by atoms with Crippen molar-refractivity contribution in [3.63, 3.8) is 0 Å². The molecule has 4 nitrogen and oxygen atoms in total. The Balaban J connectivity index is 2.20. The highest BCUT2D eigenvalue weighted by Crippen LogP contribution is 2.21. The number of carbonyl (C=O) groups is 1. The zero-order valence-electron chi connectivity index (χ0n) is 12.3. The fraction of sp³-hybridized carbons (Fsp3) is 0.562. The number of furan rings is 1. The quantitative estimate of drug-likeness (QED) is 0.426. The maximum absolute atomic E-state index is 11.7. The molecule has 1 heterocycles.